The summed E-state index contributed by atoms with van der Waals surface area (Å²) >= 11 is 0.257. The van der Waals surface area contributed by atoms with Gasteiger partial charge in [-0.15, -0.1) is 11.3 Å². The summed E-state index contributed by atoms with van der Waals surface area (Å²) in [7, 11) is -9.88. The average Bonchev–Trinajstić information content (AvgIpc) is 3.30. The molecule has 1 aliphatic rings. The molecule has 2 heterocycles. The van der Waals surface area contributed by atoms with Crippen LogP contribution in [0.1, 0.15) is 11.1 Å². The Morgan fingerprint density at radius 1 is 1.23 bits per heavy atom. The summed E-state index contributed by atoms with van der Waals surface area (Å²) in [6, 6.07) is 11.4. The Balaban J connectivity index is 1.64. The van der Waals surface area contributed by atoms with Gasteiger partial charge in [-0.05, 0) is 24.3 Å². The number of sulfonamides is 1. The smallest absolute Gasteiger partial charge is 0.419 e. The van der Waals surface area contributed by atoms with Crippen molar-refractivity contribution in [1.82, 2.24) is 9.62 Å². The molecule has 39 heavy (non-hydrogen) atoms. The standard InChI is InChI=1S/C24H19F3N3O6PS2/c25-24(26,27)22-21-18(15-28)19(35-14-13-30-11-5-2-6-12-30)9-10-20(21)38-23(22)39(33,34)29-16-37(31,32)36-17-7-3-1-4-8-17/h1-10,29H,11,13-14,16H2. The molecule has 2 aromatic carbocycles. The Morgan fingerprint density at radius 2 is 1.97 bits per heavy atom. The summed E-state index contributed by atoms with van der Waals surface area (Å²) in [5.41, 5.74) is -2.07. The average molecular weight is 598 g/mol. The number of thiophene rings is 1. The fraction of sp³-hybridized carbons (Fsp3) is 0.208. The van der Waals surface area contributed by atoms with Crippen LogP contribution >= 0.6 is 18.9 Å². The Bertz CT molecular complexity index is 1620. The highest BCUT2D eigenvalue weighted by molar-refractivity contribution is 7.92. The second kappa shape index (κ2) is 11.4. The maximum Gasteiger partial charge on any atom is 0.419 e. The molecule has 1 N–H and O–H groups in total. The van der Waals surface area contributed by atoms with Crippen molar-refractivity contribution in [1.29, 1.82) is 5.26 Å². The highest BCUT2D eigenvalue weighted by Crippen LogP contribution is 2.47. The van der Waals surface area contributed by atoms with Gasteiger partial charge in [-0.1, -0.05) is 18.2 Å². The molecule has 0 spiro atoms. The number of benzene rings is 2. The predicted octanol–water partition coefficient (Wildman–Crippen LogP) is 4.23. The number of hydrogen-bond donors (Lipinski definition) is 1. The third-order valence-electron chi connectivity index (χ3n) is 5.29. The van der Waals surface area contributed by atoms with E-state index in [1.807, 2.05) is 6.08 Å². The molecule has 1 atom stereocenters. The third-order valence-corrected chi connectivity index (χ3v) is 9.62. The van der Waals surface area contributed by atoms with Crippen molar-refractivity contribution in [3.05, 3.63) is 78.0 Å². The van der Waals surface area contributed by atoms with E-state index in [0.29, 0.717) is 13.1 Å². The van der Waals surface area contributed by atoms with Gasteiger partial charge in [0.05, 0.1) is 31.0 Å². The molecule has 4 rings (SSSR count). The summed E-state index contributed by atoms with van der Waals surface area (Å²) in [5, 5.41) is 9.08. The zero-order valence-electron chi connectivity index (χ0n) is 19.8. The molecule has 9 nitrogen and oxygen atoms in total. The summed E-state index contributed by atoms with van der Waals surface area (Å²) in [4.78, 5) is 14.0. The zero-order valence-corrected chi connectivity index (χ0v) is 22.4. The predicted molar refractivity (Wildman–Crippen MR) is 135 cm³/mol. The van der Waals surface area contributed by atoms with Gasteiger partial charge in [-0.25, -0.2) is 18.0 Å². The molecule has 0 bridgehead atoms. The normalized spacial score (nSPS) is 15.0. The molecule has 1 aliphatic heterocycles. The monoisotopic (exact) mass is 597 g/mol. The molecule has 0 radical (unpaired) electrons. The van der Waals surface area contributed by atoms with Crippen LogP contribution in [0.25, 0.3) is 10.1 Å². The van der Waals surface area contributed by atoms with Crippen LogP contribution in [0.5, 0.6) is 11.5 Å². The highest BCUT2D eigenvalue weighted by Gasteiger charge is 2.42. The van der Waals surface area contributed by atoms with Crippen molar-refractivity contribution >= 4 is 39.0 Å². The quantitative estimate of drug-likeness (QED) is 0.271. The topological polar surface area (TPSA) is 132 Å². The second-order valence-electron chi connectivity index (χ2n) is 8.03. The van der Waals surface area contributed by atoms with Gasteiger partial charge in [-0.2, -0.15) is 18.4 Å². The number of nitrogens with one attached hydrogen (secondary N) is 1. The van der Waals surface area contributed by atoms with Crippen LogP contribution in [-0.2, 0) is 20.8 Å². The van der Waals surface area contributed by atoms with Crippen molar-refractivity contribution in [3.8, 4) is 17.6 Å². The molecular formula is C24H19F3N3O6PS2. The largest absolute Gasteiger partial charge is 0.768 e. The van der Waals surface area contributed by atoms with Gasteiger partial charge in [0.25, 0.3) is 10.0 Å². The van der Waals surface area contributed by atoms with Crippen molar-refractivity contribution in [3.63, 3.8) is 0 Å². The van der Waals surface area contributed by atoms with Gasteiger partial charge in [0, 0.05) is 16.2 Å². The molecule has 0 aliphatic carbocycles. The maximum atomic E-state index is 14.2. The lowest BCUT2D eigenvalue weighted by molar-refractivity contribution is -0.191. The minimum Gasteiger partial charge on any atom is -0.768 e. The van der Waals surface area contributed by atoms with Gasteiger partial charge >= 0.3 is 6.18 Å². The minimum absolute atomic E-state index is 0.0211. The van der Waals surface area contributed by atoms with E-state index in [2.05, 4.69) is 6.20 Å². The van der Waals surface area contributed by atoms with Crippen LogP contribution in [0.3, 0.4) is 0 Å². The summed E-state index contributed by atoms with van der Waals surface area (Å²) in [6.07, 6.45) is 1.82. The number of rotatable bonds is 10. The maximum absolute atomic E-state index is 14.2. The lowest BCUT2D eigenvalue weighted by atomic mass is 10.1. The van der Waals surface area contributed by atoms with E-state index in [1.54, 1.807) is 33.9 Å². The Hall–Kier alpha value is -3.43. The molecule has 1 aromatic heterocycles. The van der Waals surface area contributed by atoms with Crippen LogP contribution in [0, 0.1) is 17.5 Å². The summed E-state index contributed by atoms with van der Waals surface area (Å²) in [6.45, 7) is 0.921. The first-order valence-corrected chi connectivity index (χ1v) is 15.2. The van der Waals surface area contributed by atoms with Crippen LogP contribution < -0.4 is 18.9 Å². The van der Waals surface area contributed by atoms with E-state index in [-0.39, 0.29) is 34.1 Å². The fourth-order valence-corrected chi connectivity index (χ4v) is 7.90. The fourth-order valence-electron chi connectivity index (χ4n) is 3.61. The van der Waals surface area contributed by atoms with Gasteiger partial charge in [-0.3, -0.25) is 4.57 Å². The van der Waals surface area contributed by atoms with E-state index in [9.17, 15) is 36.3 Å². The van der Waals surface area contributed by atoms with Crippen LogP contribution in [0.15, 0.2) is 64.9 Å². The number of allylic oxidation sites excluding steroid dienone is 2. The van der Waals surface area contributed by atoms with E-state index in [1.165, 1.54) is 36.4 Å². The van der Waals surface area contributed by atoms with Gasteiger partial charge < -0.3 is 14.2 Å². The van der Waals surface area contributed by atoms with E-state index < -0.39 is 50.8 Å². The molecule has 0 saturated heterocycles. The molecule has 0 amide bonds. The molecule has 0 fully saturated rings. The van der Waals surface area contributed by atoms with E-state index in [4.69, 9.17) is 9.26 Å². The minimum atomic E-state index is -5.20. The first kappa shape index (κ1) is 28.6. The number of ether oxygens (including phenoxy) is 1. The van der Waals surface area contributed by atoms with Crippen molar-refractivity contribution < 1.29 is 40.3 Å². The van der Waals surface area contributed by atoms with E-state index in [0.717, 1.165) is 0 Å². The number of para-hydroxylation sites is 1. The Labute approximate surface area is 226 Å². The zero-order chi connectivity index (χ0) is 28.3. The molecular weight excluding hydrogens is 578 g/mol. The molecule has 0 saturated carbocycles. The van der Waals surface area contributed by atoms with Crippen molar-refractivity contribution in [2.45, 2.75) is 10.4 Å². The van der Waals surface area contributed by atoms with E-state index >= 15 is 0 Å². The first-order chi connectivity index (χ1) is 18.4. The summed E-state index contributed by atoms with van der Waals surface area (Å²) in [5.74, 6) is -0.244. The Morgan fingerprint density at radius 3 is 2.62 bits per heavy atom. The number of alkyl halides is 3. The Kier molecular flexibility index (Phi) is 8.32. The molecule has 3 aromatic rings. The number of nitriles is 1. The van der Waals surface area contributed by atoms with Gasteiger partial charge in [0.15, 0.2) is 19.9 Å². The van der Waals surface area contributed by atoms with Gasteiger partial charge in [0.2, 0.25) is 0 Å². The first-order valence-electron chi connectivity index (χ1n) is 11.1. The number of halogens is 3. The third kappa shape index (κ3) is 6.78. The lowest BCUT2D eigenvalue weighted by Gasteiger charge is -2.24. The molecule has 15 heteroatoms. The highest BCUT2D eigenvalue weighted by atomic mass is 32.2. The molecule has 1 unspecified atom stereocenters. The van der Waals surface area contributed by atoms with Crippen LogP contribution in [0.2, 0.25) is 0 Å². The summed E-state index contributed by atoms with van der Waals surface area (Å²) < 4.78 is 91.7. The van der Waals surface area contributed by atoms with Gasteiger partial charge in [0.1, 0.15) is 33.9 Å². The lowest BCUT2D eigenvalue weighted by Crippen LogP contribution is -2.29. The van der Waals surface area contributed by atoms with Crippen molar-refractivity contribution in [2.24, 2.45) is 0 Å². The van der Waals surface area contributed by atoms with Crippen LogP contribution in [-0.4, -0.2) is 39.3 Å². The number of fused-ring (bicyclic) bond motifs is 1. The number of nitrogens with zero attached hydrogens (tertiary/aromatic N) is 2. The second-order valence-corrected chi connectivity index (χ2v) is 12.8. The number of hydrogen-bond acceptors (Lipinski definition) is 9. The molecule has 204 valence electrons. The van der Waals surface area contributed by atoms with Crippen LogP contribution in [0.4, 0.5) is 13.2 Å². The SMILES string of the molecule is N#Cc1c(OCCN2[C+]=CC=CC2)ccc2sc(S(=O)(=O)NCP(=O)([O-])Oc3ccccc3)c(C(F)(F)F)c12. The van der Waals surface area contributed by atoms with Crippen molar-refractivity contribution in [2.75, 3.05) is 26.0 Å².